The number of nitro benzene ring substituents is 1. The molecule has 2 amide bonds. The molecule has 236 valence electrons. The van der Waals surface area contributed by atoms with Crippen molar-refractivity contribution in [2.24, 2.45) is 0 Å². The summed E-state index contributed by atoms with van der Waals surface area (Å²) in [6.07, 6.45) is 0. The number of nitrogens with one attached hydrogen (secondary N) is 1. The molecule has 0 aliphatic heterocycles. The Morgan fingerprint density at radius 3 is 2.30 bits per heavy atom. The van der Waals surface area contributed by atoms with Crippen molar-refractivity contribution in [2.75, 3.05) is 18.0 Å². The highest BCUT2D eigenvalue weighted by atomic mass is 79.9. The Morgan fingerprint density at radius 2 is 1.73 bits per heavy atom. The molecule has 11 nitrogen and oxygen atoms in total. The SMILES string of the molecule is COc1ccc(Cl)cc1N(CC(=O)N(Cc1ccc(Br)cc1)[C@@H](C)C(=O)NC(C)(C)C)S(=O)(=O)c1ccc(C)c([N+](=O)[O-])c1. The van der Waals surface area contributed by atoms with Crippen molar-refractivity contribution in [2.45, 2.75) is 57.6 Å². The summed E-state index contributed by atoms with van der Waals surface area (Å²) in [5.74, 6) is -1.06. The Kier molecular flexibility index (Phi) is 11.0. The largest absolute Gasteiger partial charge is 0.495 e. The predicted octanol–water partition coefficient (Wildman–Crippen LogP) is 5.86. The topological polar surface area (TPSA) is 139 Å². The summed E-state index contributed by atoms with van der Waals surface area (Å²) >= 11 is 9.64. The molecule has 1 N–H and O–H groups in total. The summed E-state index contributed by atoms with van der Waals surface area (Å²) in [7, 11) is -3.29. The molecule has 3 rings (SSSR count). The van der Waals surface area contributed by atoms with Gasteiger partial charge < -0.3 is 15.0 Å². The van der Waals surface area contributed by atoms with Crippen molar-refractivity contribution < 1.29 is 27.7 Å². The molecule has 0 saturated carbocycles. The predicted molar refractivity (Wildman–Crippen MR) is 172 cm³/mol. The van der Waals surface area contributed by atoms with Crippen molar-refractivity contribution in [3.8, 4) is 5.75 Å². The number of halogens is 2. The van der Waals surface area contributed by atoms with E-state index >= 15 is 0 Å². The zero-order valence-electron chi connectivity index (χ0n) is 25.1. The second-order valence-corrected chi connectivity index (χ2v) is 14.3. The lowest BCUT2D eigenvalue weighted by molar-refractivity contribution is -0.385. The molecule has 0 unspecified atom stereocenters. The van der Waals surface area contributed by atoms with Gasteiger partial charge in [-0.3, -0.25) is 24.0 Å². The normalized spacial score (nSPS) is 12.3. The van der Waals surface area contributed by atoms with Gasteiger partial charge in [0.05, 0.1) is 22.6 Å². The standard InChI is InChI=1S/C30H34BrClN4O7S/c1-19-7-13-24(16-25(19)36(39)40)44(41,42)35(26-15-23(32)12-14-27(26)43-6)18-28(37)34(17-21-8-10-22(31)11-9-21)20(2)29(38)33-30(3,4)5/h7-16,20H,17-18H2,1-6H3,(H,33,38)/t20-/m0/s1. The molecule has 0 aromatic heterocycles. The molecule has 3 aromatic carbocycles. The highest BCUT2D eigenvalue weighted by Crippen LogP contribution is 2.36. The molecule has 0 fully saturated rings. The van der Waals surface area contributed by atoms with Gasteiger partial charge >= 0.3 is 0 Å². The smallest absolute Gasteiger partial charge is 0.273 e. The Balaban J connectivity index is 2.16. The van der Waals surface area contributed by atoms with Gasteiger partial charge in [-0.1, -0.05) is 45.7 Å². The minimum Gasteiger partial charge on any atom is -0.495 e. The Labute approximate surface area is 270 Å². The Hall–Kier alpha value is -3.68. The number of carbonyl (C=O) groups excluding carboxylic acids is 2. The van der Waals surface area contributed by atoms with Crippen LogP contribution < -0.4 is 14.4 Å². The maximum Gasteiger partial charge on any atom is 0.273 e. The molecule has 0 spiro atoms. The molecule has 0 radical (unpaired) electrons. The molecule has 0 aliphatic carbocycles. The number of carbonyl (C=O) groups is 2. The van der Waals surface area contributed by atoms with Crippen LogP contribution in [0.5, 0.6) is 5.75 Å². The van der Waals surface area contributed by atoms with Gasteiger partial charge in [0.1, 0.15) is 18.3 Å². The van der Waals surface area contributed by atoms with E-state index in [9.17, 15) is 28.1 Å². The quantitative estimate of drug-likeness (QED) is 0.195. The summed E-state index contributed by atoms with van der Waals surface area (Å²) in [4.78, 5) is 39.2. The third kappa shape index (κ3) is 8.48. The summed E-state index contributed by atoms with van der Waals surface area (Å²) in [5.41, 5.74) is -0.106. The fourth-order valence-electron chi connectivity index (χ4n) is 4.29. The molecule has 0 heterocycles. The van der Waals surface area contributed by atoms with Gasteiger partial charge in [0.2, 0.25) is 11.8 Å². The molecule has 0 saturated heterocycles. The fraction of sp³-hybridized carbons (Fsp3) is 0.333. The lowest BCUT2D eigenvalue weighted by Crippen LogP contribution is -2.54. The first kappa shape index (κ1) is 34.8. The van der Waals surface area contributed by atoms with E-state index in [1.165, 1.54) is 49.3 Å². The van der Waals surface area contributed by atoms with Crippen LogP contribution in [0.3, 0.4) is 0 Å². The average Bonchev–Trinajstić information content (AvgIpc) is 2.94. The summed E-state index contributed by atoms with van der Waals surface area (Å²) < 4.78 is 35.4. The number of hydrogen-bond donors (Lipinski definition) is 1. The number of aryl methyl sites for hydroxylation is 1. The fourth-order valence-corrected chi connectivity index (χ4v) is 6.16. The Bertz CT molecular complexity index is 1660. The molecular weight excluding hydrogens is 676 g/mol. The van der Waals surface area contributed by atoms with Gasteiger partial charge in [-0.2, -0.15) is 0 Å². The van der Waals surface area contributed by atoms with Crippen LogP contribution in [-0.4, -0.2) is 55.3 Å². The van der Waals surface area contributed by atoms with Crippen LogP contribution in [0.25, 0.3) is 0 Å². The van der Waals surface area contributed by atoms with E-state index in [1.54, 1.807) is 52.0 Å². The van der Waals surface area contributed by atoms with Crippen molar-refractivity contribution in [1.29, 1.82) is 0 Å². The van der Waals surface area contributed by atoms with E-state index in [0.29, 0.717) is 5.56 Å². The first-order chi connectivity index (χ1) is 20.4. The van der Waals surface area contributed by atoms with Gasteiger partial charge in [-0.15, -0.1) is 0 Å². The third-order valence-corrected chi connectivity index (χ3v) is 9.10. The van der Waals surface area contributed by atoms with Crippen LogP contribution in [0.4, 0.5) is 11.4 Å². The first-order valence-electron chi connectivity index (χ1n) is 13.4. The van der Waals surface area contributed by atoms with Gasteiger partial charge in [0, 0.05) is 33.2 Å². The number of amides is 2. The van der Waals surface area contributed by atoms with Crippen LogP contribution >= 0.6 is 27.5 Å². The second kappa shape index (κ2) is 14.0. The minimum absolute atomic E-state index is 0.0125. The number of anilines is 1. The van der Waals surface area contributed by atoms with Crippen LogP contribution in [0.1, 0.15) is 38.8 Å². The van der Waals surface area contributed by atoms with Crippen LogP contribution in [-0.2, 0) is 26.2 Å². The van der Waals surface area contributed by atoms with E-state index < -0.39 is 55.5 Å². The van der Waals surface area contributed by atoms with Crippen molar-refractivity contribution >= 4 is 60.7 Å². The number of methoxy groups -OCH3 is 1. The number of ether oxygens (including phenoxy) is 1. The van der Waals surface area contributed by atoms with Gasteiger partial charge in [-0.25, -0.2) is 8.42 Å². The van der Waals surface area contributed by atoms with E-state index in [-0.39, 0.29) is 28.6 Å². The van der Waals surface area contributed by atoms with Crippen LogP contribution in [0.15, 0.2) is 70.0 Å². The van der Waals surface area contributed by atoms with E-state index in [4.69, 9.17) is 16.3 Å². The van der Waals surface area contributed by atoms with E-state index in [0.717, 1.165) is 14.8 Å². The minimum atomic E-state index is -4.62. The summed E-state index contributed by atoms with van der Waals surface area (Å²) in [5, 5.41) is 14.7. The number of nitrogens with zero attached hydrogens (tertiary/aromatic N) is 3. The summed E-state index contributed by atoms with van der Waals surface area (Å²) in [6.45, 7) is 7.67. The molecule has 14 heteroatoms. The average molecular weight is 710 g/mol. The van der Waals surface area contributed by atoms with Gasteiger partial charge in [-0.05, 0) is 76.6 Å². The first-order valence-corrected chi connectivity index (χ1v) is 16.0. The summed E-state index contributed by atoms with van der Waals surface area (Å²) in [6, 6.07) is 13.9. The zero-order chi connectivity index (χ0) is 33.0. The highest BCUT2D eigenvalue weighted by molar-refractivity contribution is 9.10. The van der Waals surface area contributed by atoms with Crippen LogP contribution in [0.2, 0.25) is 5.02 Å². The second-order valence-electron chi connectivity index (χ2n) is 11.1. The maximum absolute atomic E-state index is 14.2. The zero-order valence-corrected chi connectivity index (χ0v) is 28.3. The third-order valence-electron chi connectivity index (χ3n) is 6.59. The maximum atomic E-state index is 14.2. The van der Waals surface area contributed by atoms with Crippen molar-refractivity contribution in [3.63, 3.8) is 0 Å². The van der Waals surface area contributed by atoms with E-state index in [2.05, 4.69) is 21.2 Å². The molecular formula is C30H34BrClN4O7S. The van der Waals surface area contributed by atoms with Crippen molar-refractivity contribution in [3.05, 3.63) is 91.4 Å². The monoisotopic (exact) mass is 708 g/mol. The van der Waals surface area contributed by atoms with Crippen molar-refractivity contribution in [1.82, 2.24) is 10.2 Å². The number of rotatable bonds is 11. The van der Waals surface area contributed by atoms with Gasteiger partial charge in [0.15, 0.2) is 0 Å². The number of benzene rings is 3. The van der Waals surface area contributed by atoms with Gasteiger partial charge in [0.25, 0.3) is 15.7 Å². The lowest BCUT2D eigenvalue weighted by atomic mass is 10.1. The number of hydrogen-bond acceptors (Lipinski definition) is 7. The molecule has 0 aliphatic rings. The lowest BCUT2D eigenvalue weighted by Gasteiger charge is -2.33. The van der Waals surface area contributed by atoms with E-state index in [1.807, 2.05) is 0 Å². The molecule has 1 atom stereocenters. The number of nitro groups is 1. The molecule has 44 heavy (non-hydrogen) atoms. The molecule has 0 bridgehead atoms. The number of sulfonamides is 1. The molecule has 3 aromatic rings. The van der Waals surface area contributed by atoms with Crippen LogP contribution in [0, 0.1) is 17.0 Å². The Morgan fingerprint density at radius 1 is 1.09 bits per heavy atom. The highest BCUT2D eigenvalue weighted by Gasteiger charge is 2.35.